The van der Waals surface area contributed by atoms with Gasteiger partial charge in [0.2, 0.25) is 0 Å². The highest BCUT2D eigenvalue weighted by molar-refractivity contribution is 5.66. The first-order chi connectivity index (χ1) is 7.47. The molecule has 0 saturated heterocycles. The summed E-state index contributed by atoms with van der Waals surface area (Å²) in [6.45, 7) is 6.04. The molecule has 1 atom stereocenters. The van der Waals surface area contributed by atoms with Crippen molar-refractivity contribution in [3.8, 4) is 0 Å². The van der Waals surface area contributed by atoms with Gasteiger partial charge >= 0.3 is 6.09 Å². The maximum Gasteiger partial charge on any atom is 0.422 e. The quantitative estimate of drug-likeness (QED) is 0.722. The molecule has 0 aromatic carbocycles. The van der Waals surface area contributed by atoms with Crippen LogP contribution < -0.4 is 10.9 Å². The Kier molecular flexibility index (Phi) is 4.61. The Bertz CT molecular complexity index is 258. The monoisotopic (exact) mass is 228 g/mol. The largest absolute Gasteiger partial charge is 0.497 e. The van der Waals surface area contributed by atoms with Gasteiger partial charge in [-0.25, -0.2) is 10.2 Å². The lowest BCUT2D eigenvalue weighted by Crippen LogP contribution is -2.44. The number of rotatable bonds is 3. The van der Waals surface area contributed by atoms with E-state index < -0.39 is 11.7 Å². The molecular formula is C11H20N2O3. The van der Waals surface area contributed by atoms with E-state index in [2.05, 4.69) is 10.9 Å². The first kappa shape index (κ1) is 12.8. The molecule has 5 nitrogen and oxygen atoms in total. The molecule has 5 heteroatoms. The van der Waals surface area contributed by atoms with Crippen LogP contribution in [0.25, 0.3) is 0 Å². The molecule has 1 amide bonds. The summed E-state index contributed by atoms with van der Waals surface area (Å²) in [5, 5.41) is 0. The summed E-state index contributed by atoms with van der Waals surface area (Å²) < 4.78 is 10.4. The number of hydrogen-bond acceptors (Lipinski definition) is 4. The smallest absolute Gasteiger partial charge is 0.422 e. The summed E-state index contributed by atoms with van der Waals surface area (Å²) in [5.74, 6) is 0. The molecule has 2 N–H and O–H groups in total. The van der Waals surface area contributed by atoms with E-state index in [1.165, 1.54) is 0 Å². The Morgan fingerprint density at radius 1 is 1.56 bits per heavy atom. The van der Waals surface area contributed by atoms with Gasteiger partial charge in [0, 0.05) is 0 Å². The maximum absolute atomic E-state index is 11.2. The molecule has 0 radical (unpaired) electrons. The van der Waals surface area contributed by atoms with Crippen molar-refractivity contribution in [2.45, 2.75) is 45.3 Å². The van der Waals surface area contributed by atoms with Crippen LogP contribution in [0.15, 0.2) is 12.3 Å². The Morgan fingerprint density at radius 3 is 2.88 bits per heavy atom. The zero-order chi connectivity index (χ0) is 12.0. The van der Waals surface area contributed by atoms with Crippen LogP contribution in [-0.4, -0.2) is 24.3 Å². The van der Waals surface area contributed by atoms with E-state index in [0.717, 1.165) is 12.8 Å². The number of carbonyl (C=O) groups is 1. The van der Waals surface area contributed by atoms with Gasteiger partial charge in [-0.15, -0.1) is 0 Å². The van der Waals surface area contributed by atoms with Crippen LogP contribution in [0.3, 0.4) is 0 Å². The van der Waals surface area contributed by atoms with Gasteiger partial charge in [-0.2, -0.15) is 0 Å². The molecular weight excluding hydrogens is 208 g/mol. The fourth-order valence-electron chi connectivity index (χ4n) is 1.28. The van der Waals surface area contributed by atoms with Crippen LogP contribution in [0.5, 0.6) is 0 Å². The highest BCUT2D eigenvalue weighted by atomic mass is 16.6. The van der Waals surface area contributed by atoms with Crippen LogP contribution >= 0.6 is 0 Å². The molecule has 16 heavy (non-hydrogen) atoms. The third-order valence-electron chi connectivity index (χ3n) is 1.94. The molecule has 92 valence electrons. The van der Waals surface area contributed by atoms with Crippen LogP contribution in [0, 0.1) is 0 Å². The van der Waals surface area contributed by atoms with E-state index >= 15 is 0 Å². The maximum atomic E-state index is 11.2. The summed E-state index contributed by atoms with van der Waals surface area (Å²) in [5.41, 5.74) is 4.79. The number of amides is 1. The van der Waals surface area contributed by atoms with Crippen molar-refractivity contribution in [1.82, 2.24) is 10.9 Å². The van der Waals surface area contributed by atoms with E-state index in [-0.39, 0.29) is 6.10 Å². The summed E-state index contributed by atoms with van der Waals surface area (Å²) in [6.07, 6.45) is 5.29. The van der Waals surface area contributed by atoms with Crippen LogP contribution in [0.2, 0.25) is 0 Å². The molecule has 0 saturated carbocycles. The lowest BCUT2D eigenvalue weighted by atomic mass is 10.2. The Labute approximate surface area is 96.2 Å². The van der Waals surface area contributed by atoms with Crippen molar-refractivity contribution >= 4 is 6.09 Å². The highest BCUT2D eigenvalue weighted by Gasteiger charge is 2.16. The number of nitrogens with one attached hydrogen (secondary N) is 2. The number of hydrogen-bond donors (Lipinski definition) is 2. The normalized spacial score (nSPS) is 20.1. The average molecular weight is 228 g/mol. The number of carbonyl (C=O) groups excluding carboxylic acids is 1. The minimum absolute atomic E-state index is 0.111. The van der Waals surface area contributed by atoms with E-state index in [1.807, 2.05) is 26.8 Å². The van der Waals surface area contributed by atoms with Crippen molar-refractivity contribution < 1.29 is 14.3 Å². The first-order valence-electron chi connectivity index (χ1n) is 5.50. The van der Waals surface area contributed by atoms with Gasteiger partial charge in [0.25, 0.3) is 0 Å². The van der Waals surface area contributed by atoms with Crippen LogP contribution in [0.4, 0.5) is 4.79 Å². The fraction of sp³-hybridized carbons (Fsp3) is 0.727. The van der Waals surface area contributed by atoms with Crippen molar-refractivity contribution in [3.63, 3.8) is 0 Å². The van der Waals surface area contributed by atoms with Crippen LogP contribution in [-0.2, 0) is 9.47 Å². The second-order valence-corrected chi connectivity index (χ2v) is 4.72. The van der Waals surface area contributed by atoms with Crippen molar-refractivity contribution in [3.05, 3.63) is 12.3 Å². The highest BCUT2D eigenvalue weighted by Crippen LogP contribution is 2.09. The molecule has 0 fully saturated rings. The molecule has 0 aromatic heterocycles. The second kappa shape index (κ2) is 5.75. The van der Waals surface area contributed by atoms with Crippen molar-refractivity contribution in [2.75, 3.05) is 6.54 Å². The average Bonchev–Trinajstić information content (AvgIpc) is 2.16. The van der Waals surface area contributed by atoms with Gasteiger partial charge in [-0.05, 0) is 39.7 Å². The van der Waals surface area contributed by atoms with Gasteiger partial charge in [0.05, 0.1) is 12.8 Å². The van der Waals surface area contributed by atoms with E-state index in [1.54, 1.807) is 6.26 Å². The van der Waals surface area contributed by atoms with Gasteiger partial charge < -0.3 is 9.47 Å². The molecule has 0 aliphatic carbocycles. The minimum atomic E-state index is -0.476. The molecule has 1 unspecified atom stereocenters. The van der Waals surface area contributed by atoms with Gasteiger partial charge in [0.15, 0.2) is 0 Å². The molecule has 1 aliphatic rings. The van der Waals surface area contributed by atoms with E-state index in [4.69, 9.17) is 9.47 Å². The molecule has 0 aromatic rings. The topological polar surface area (TPSA) is 59.6 Å². The fourth-order valence-corrected chi connectivity index (χ4v) is 1.28. The minimum Gasteiger partial charge on any atom is -0.497 e. The standard InChI is InChI=1S/C11H20N2O3/c1-11(2,3)16-10(14)13-12-8-9-6-4-5-7-15-9/h5,7,9,12H,4,6,8H2,1-3H3,(H,13,14). The molecule has 0 bridgehead atoms. The Balaban J connectivity index is 2.10. The molecule has 1 heterocycles. The number of allylic oxidation sites excluding steroid dienone is 1. The Hall–Kier alpha value is -1.23. The van der Waals surface area contributed by atoms with E-state index in [9.17, 15) is 4.79 Å². The van der Waals surface area contributed by atoms with Crippen molar-refractivity contribution in [1.29, 1.82) is 0 Å². The molecule has 1 rings (SSSR count). The zero-order valence-corrected chi connectivity index (χ0v) is 10.1. The third-order valence-corrected chi connectivity index (χ3v) is 1.94. The summed E-state index contributed by atoms with van der Waals surface area (Å²) in [6, 6.07) is 0. The molecule has 1 aliphatic heterocycles. The summed E-state index contributed by atoms with van der Waals surface area (Å²) in [4.78, 5) is 11.2. The lowest BCUT2D eigenvalue weighted by molar-refractivity contribution is 0.0476. The Morgan fingerprint density at radius 2 is 2.31 bits per heavy atom. The van der Waals surface area contributed by atoms with Gasteiger partial charge in [-0.3, -0.25) is 5.43 Å². The predicted octanol–water partition coefficient (Wildman–Crippen LogP) is 1.71. The summed E-state index contributed by atoms with van der Waals surface area (Å²) in [7, 11) is 0. The van der Waals surface area contributed by atoms with E-state index in [0.29, 0.717) is 6.54 Å². The van der Waals surface area contributed by atoms with Crippen LogP contribution in [0.1, 0.15) is 33.6 Å². The second-order valence-electron chi connectivity index (χ2n) is 4.72. The first-order valence-corrected chi connectivity index (χ1v) is 5.50. The van der Waals surface area contributed by atoms with Gasteiger partial charge in [0.1, 0.15) is 11.7 Å². The summed E-state index contributed by atoms with van der Waals surface area (Å²) >= 11 is 0. The zero-order valence-electron chi connectivity index (χ0n) is 10.1. The SMILES string of the molecule is CC(C)(C)OC(=O)NNCC1CCC=CO1. The van der Waals surface area contributed by atoms with Crippen molar-refractivity contribution in [2.24, 2.45) is 0 Å². The third kappa shape index (κ3) is 5.60. The number of hydrazine groups is 1. The number of ether oxygens (including phenoxy) is 2. The predicted molar refractivity (Wildman–Crippen MR) is 60.6 cm³/mol. The lowest BCUT2D eigenvalue weighted by Gasteiger charge is -2.22. The van der Waals surface area contributed by atoms with Gasteiger partial charge in [-0.1, -0.05) is 0 Å². The molecule has 0 spiro atoms.